The van der Waals surface area contributed by atoms with E-state index in [4.69, 9.17) is 19.0 Å². The number of aromatic carboxylic acids is 1. The van der Waals surface area contributed by atoms with Gasteiger partial charge in [-0.3, -0.25) is 0 Å². The van der Waals surface area contributed by atoms with E-state index in [9.17, 15) is 9.59 Å². The van der Waals surface area contributed by atoms with Crippen molar-refractivity contribution in [1.29, 1.82) is 0 Å². The van der Waals surface area contributed by atoms with E-state index in [-0.39, 0.29) is 19.0 Å². The molecule has 6 nitrogen and oxygen atoms in total. The summed E-state index contributed by atoms with van der Waals surface area (Å²) in [6, 6.07) is 4.96. The Bertz CT molecular complexity index is 655. The van der Waals surface area contributed by atoms with Gasteiger partial charge in [0, 0.05) is 5.56 Å². The first kappa shape index (κ1) is 13.9. The van der Waals surface area contributed by atoms with E-state index in [2.05, 4.69) is 0 Å². The summed E-state index contributed by atoms with van der Waals surface area (Å²) in [5, 5.41) is 9.59. The van der Waals surface area contributed by atoms with Crippen LogP contribution in [0.5, 0.6) is 5.75 Å². The lowest BCUT2D eigenvalue weighted by molar-refractivity contribution is -0.145. The van der Waals surface area contributed by atoms with E-state index in [1.165, 1.54) is 0 Å². The number of benzene rings is 1. The van der Waals surface area contributed by atoms with E-state index in [0.29, 0.717) is 22.3 Å². The third-order valence-electron chi connectivity index (χ3n) is 2.76. The summed E-state index contributed by atoms with van der Waals surface area (Å²) in [7, 11) is 0. The standard InChI is InChI=1S/C14H14O6/c1-3-18-11(15)7-19-9-5-4-6-10-12(9)8(2)13(20-10)14(16)17/h4-6H,3,7H2,1-2H3,(H,16,17). The van der Waals surface area contributed by atoms with Crippen molar-refractivity contribution in [2.45, 2.75) is 13.8 Å². The van der Waals surface area contributed by atoms with Crippen LogP contribution in [-0.4, -0.2) is 30.3 Å². The van der Waals surface area contributed by atoms with Crippen LogP contribution in [0.2, 0.25) is 0 Å². The molecule has 0 fully saturated rings. The molecule has 0 radical (unpaired) electrons. The van der Waals surface area contributed by atoms with Crippen LogP contribution in [0.15, 0.2) is 22.6 Å². The molecular formula is C14H14O6. The first-order valence-corrected chi connectivity index (χ1v) is 6.08. The first-order chi connectivity index (χ1) is 9.54. The molecule has 0 spiro atoms. The molecule has 0 amide bonds. The SMILES string of the molecule is CCOC(=O)COc1cccc2oc(C(=O)O)c(C)c12. The average molecular weight is 278 g/mol. The van der Waals surface area contributed by atoms with E-state index in [1.807, 2.05) is 0 Å². The number of carboxylic acids is 1. The molecule has 106 valence electrons. The van der Waals surface area contributed by atoms with Crippen molar-refractivity contribution in [2.24, 2.45) is 0 Å². The molecule has 6 heteroatoms. The number of furan rings is 1. The van der Waals surface area contributed by atoms with Crippen molar-refractivity contribution in [3.8, 4) is 5.75 Å². The molecule has 0 aliphatic rings. The number of hydrogen-bond acceptors (Lipinski definition) is 5. The van der Waals surface area contributed by atoms with Crippen molar-refractivity contribution in [3.63, 3.8) is 0 Å². The summed E-state index contributed by atoms with van der Waals surface area (Å²) in [6.45, 7) is 3.38. The predicted octanol–water partition coefficient (Wildman–Crippen LogP) is 2.38. The Balaban J connectivity index is 2.34. The molecule has 0 saturated carbocycles. The quantitative estimate of drug-likeness (QED) is 0.845. The minimum Gasteiger partial charge on any atom is -0.481 e. The van der Waals surface area contributed by atoms with E-state index < -0.39 is 11.9 Å². The maximum atomic E-state index is 11.3. The first-order valence-electron chi connectivity index (χ1n) is 6.08. The Morgan fingerprint density at radius 3 is 2.75 bits per heavy atom. The average Bonchev–Trinajstić information content (AvgIpc) is 2.75. The van der Waals surface area contributed by atoms with Gasteiger partial charge in [-0.25, -0.2) is 9.59 Å². The van der Waals surface area contributed by atoms with Crippen molar-refractivity contribution in [2.75, 3.05) is 13.2 Å². The summed E-state index contributed by atoms with van der Waals surface area (Å²) in [5.74, 6) is -1.37. The zero-order valence-electron chi connectivity index (χ0n) is 11.1. The summed E-state index contributed by atoms with van der Waals surface area (Å²) < 4.78 is 15.4. The molecule has 1 aromatic heterocycles. The normalized spacial score (nSPS) is 10.5. The van der Waals surface area contributed by atoms with Crippen molar-refractivity contribution < 1.29 is 28.6 Å². The van der Waals surface area contributed by atoms with Crippen molar-refractivity contribution >= 4 is 22.9 Å². The van der Waals surface area contributed by atoms with Crippen LogP contribution in [0, 0.1) is 6.92 Å². The highest BCUT2D eigenvalue weighted by molar-refractivity contribution is 5.97. The Labute approximate surface area is 114 Å². The second kappa shape index (κ2) is 5.64. The Morgan fingerprint density at radius 2 is 2.10 bits per heavy atom. The van der Waals surface area contributed by atoms with Gasteiger partial charge in [0.05, 0.1) is 12.0 Å². The molecule has 2 aromatic rings. The number of ether oxygens (including phenoxy) is 2. The lowest BCUT2D eigenvalue weighted by Crippen LogP contribution is -2.14. The van der Waals surface area contributed by atoms with E-state index >= 15 is 0 Å². The van der Waals surface area contributed by atoms with Gasteiger partial charge in [0.2, 0.25) is 5.76 Å². The molecule has 1 aromatic carbocycles. The Hall–Kier alpha value is -2.50. The third-order valence-corrected chi connectivity index (χ3v) is 2.76. The van der Waals surface area contributed by atoms with Gasteiger partial charge in [-0.1, -0.05) is 6.07 Å². The maximum Gasteiger partial charge on any atom is 0.372 e. The van der Waals surface area contributed by atoms with Crippen LogP contribution in [0.4, 0.5) is 0 Å². The Morgan fingerprint density at radius 1 is 1.35 bits per heavy atom. The number of hydrogen-bond donors (Lipinski definition) is 1. The van der Waals surface area contributed by atoms with Gasteiger partial charge >= 0.3 is 11.9 Å². The fraction of sp³-hybridized carbons (Fsp3) is 0.286. The number of rotatable bonds is 5. The van der Waals surface area contributed by atoms with Crippen LogP contribution >= 0.6 is 0 Å². The van der Waals surface area contributed by atoms with Gasteiger partial charge in [-0.15, -0.1) is 0 Å². The zero-order chi connectivity index (χ0) is 14.7. The minimum atomic E-state index is -1.14. The smallest absolute Gasteiger partial charge is 0.372 e. The van der Waals surface area contributed by atoms with Gasteiger partial charge in [0.15, 0.2) is 6.61 Å². The van der Waals surface area contributed by atoms with Crippen molar-refractivity contribution in [3.05, 3.63) is 29.5 Å². The molecule has 0 aliphatic carbocycles. The number of carboxylic acid groups (broad SMARTS) is 1. The fourth-order valence-electron chi connectivity index (χ4n) is 1.93. The lowest BCUT2D eigenvalue weighted by atomic mass is 10.1. The van der Waals surface area contributed by atoms with Crippen LogP contribution < -0.4 is 4.74 Å². The molecule has 2 rings (SSSR count). The predicted molar refractivity (Wildman–Crippen MR) is 70.0 cm³/mol. The molecule has 0 unspecified atom stereocenters. The Kier molecular flexibility index (Phi) is 3.93. The molecule has 1 heterocycles. The van der Waals surface area contributed by atoms with Gasteiger partial charge in [-0.2, -0.15) is 0 Å². The summed E-state index contributed by atoms with van der Waals surface area (Å²) in [5.41, 5.74) is 0.869. The number of aryl methyl sites for hydroxylation is 1. The fourth-order valence-corrected chi connectivity index (χ4v) is 1.93. The topological polar surface area (TPSA) is 86.0 Å². The summed E-state index contributed by atoms with van der Waals surface area (Å²) >= 11 is 0. The second-order valence-electron chi connectivity index (χ2n) is 4.08. The molecule has 20 heavy (non-hydrogen) atoms. The molecule has 0 aliphatic heterocycles. The number of carbonyl (C=O) groups is 2. The van der Waals surface area contributed by atoms with Gasteiger partial charge in [0.1, 0.15) is 11.3 Å². The van der Waals surface area contributed by atoms with Gasteiger partial charge < -0.3 is 19.0 Å². The largest absolute Gasteiger partial charge is 0.481 e. The second-order valence-corrected chi connectivity index (χ2v) is 4.08. The number of carbonyl (C=O) groups excluding carboxylic acids is 1. The minimum absolute atomic E-state index is 0.132. The van der Waals surface area contributed by atoms with E-state index in [1.54, 1.807) is 32.0 Å². The summed E-state index contributed by atoms with van der Waals surface area (Å²) in [4.78, 5) is 22.3. The van der Waals surface area contributed by atoms with Gasteiger partial charge in [0.25, 0.3) is 0 Å². The zero-order valence-corrected chi connectivity index (χ0v) is 11.1. The van der Waals surface area contributed by atoms with Crippen LogP contribution in [0.1, 0.15) is 23.0 Å². The highest BCUT2D eigenvalue weighted by Gasteiger charge is 2.19. The molecule has 1 N–H and O–H groups in total. The third kappa shape index (κ3) is 2.59. The highest BCUT2D eigenvalue weighted by atomic mass is 16.6. The van der Waals surface area contributed by atoms with Crippen LogP contribution in [0.3, 0.4) is 0 Å². The monoisotopic (exact) mass is 278 g/mol. The maximum absolute atomic E-state index is 11.3. The molecule has 0 atom stereocenters. The molecule has 0 bridgehead atoms. The highest BCUT2D eigenvalue weighted by Crippen LogP contribution is 2.33. The number of fused-ring (bicyclic) bond motifs is 1. The molecular weight excluding hydrogens is 264 g/mol. The van der Waals surface area contributed by atoms with Crippen molar-refractivity contribution in [1.82, 2.24) is 0 Å². The summed E-state index contributed by atoms with van der Waals surface area (Å²) in [6.07, 6.45) is 0. The van der Waals surface area contributed by atoms with Gasteiger partial charge in [-0.05, 0) is 26.0 Å². The van der Waals surface area contributed by atoms with E-state index in [0.717, 1.165) is 0 Å². The number of esters is 1. The lowest BCUT2D eigenvalue weighted by Gasteiger charge is -2.06. The molecule has 0 saturated heterocycles. The van der Waals surface area contributed by atoms with Crippen LogP contribution in [-0.2, 0) is 9.53 Å². The van der Waals surface area contributed by atoms with Crippen LogP contribution in [0.25, 0.3) is 11.0 Å².